The summed E-state index contributed by atoms with van der Waals surface area (Å²) < 4.78 is 24.8. The SMILES string of the molecule is CNC(=S)NC1(C)/C=C(\C)C(=O)C(C)CC(C)(C)C(OC2O[C@H](C)CC(N(C)C)C2OC)[C@@H](C)C(=O)[C@@H](C)C(=O)O[C@@H]1C. The molecule has 246 valence electrons. The summed E-state index contributed by atoms with van der Waals surface area (Å²) in [5.74, 6) is -3.17. The number of rotatable bonds is 5. The van der Waals surface area contributed by atoms with E-state index in [1.54, 1.807) is 47.9 Å². The van der Waals surface area contributed by atoms with Crippen LogP contribution in [0, 0.1) is 23.2 Å². The minimum absolute atomic E-state index is 0.0359. The molecule has 0 aromatic carbocycles. The number of methoxy groups -OCH3 is 1. The highest BCUT2D eigenvalue weighted by Crippen LogP contribution is 2.40. The molecule has 10 atom stereocenters. The van der Waals surface area contributed by atoms with Gasteiger partial charge in [-0.25, -0.2) is 0 Å². The number of hydrogen-bond acceptors (Lipinski definition) is 9. The molecular formula is C32H55N3O7S. The number of hydrogen-bond donors (Lipinski definition) is 2. The van der Waals surface area contributed by atoms with Gasteiger partial charge in [0.25, 0.3) is 0 Å². The number of likely N-dealkylation sites (N-methyl/N-ethyl adjacent to an activating group) is 1. The predicted molar refractivity (Wildman–Crippen MR) is 171 cm³/mol. The first-order chi connectivity index (χ1) is 19.8. The van der Waals surface area contributed by atoms with Gasteiger partial charge in [0.2, 0.25) is 0 Å². The molecule has 1 fully saturated rings. The van der Waals surface area contributed by atoms with Gasteiger partial charge in [-0.3, -0.25) is 14.4 Å². The summed E-state index contributed by atoms with van der Waals surface area (Å²) in [6, 6.07) is 0.0359. The molecular weight excluding hydrogens is 570 g/mol. The highest BCUT2D eigenvalue weighted by atomic mass is 32.1. The second-order valence-corrected chi connectivity index (χ2v) is 14.0. The minimum atomic E-state index is -1.05. The molecule has 0 aromatic heterocycles. The summed E-state index contributed by atoms with van der Waals surface area (Å²) in [5, 5.41) is 6.38. The maximum absolute atomic E-state index is 14.0. The molecule has 2 aliphatic rings. The number of carbonyl (C=O) groups excluding carboxylic acids is 3. The Kier molecular flexibility index (Phi) is 12.9. The van der Waals surface area contributed by atoms with Crippen LogP contribution in [0.4, 0.5) is 0 Å². The molecule has 2 heterocycles. The Hall–Kier alpha value is -1.92. The maximum Gasteiger partial charge on any atom is 0.316 e. The molecule has 11 heteroatoms. The first kappa shape index (κ1) is 37.3. The third kappa shape index (κ3) is 8.84. The third-order valence-electron chi connectivity index (χ3n) is 9.19. The monoisotopic (exact) mass is 625 g/mol. The molecule has 0 radical (unpaired) electrons. The highest BCUT2D eigenvalue weighted by molar-refractivity contribution is 7.80. The van der Waals surface area contributed by atoms with Crippen molar-refractivity contribution in [2.45, 2.75) is 117 Å². The topological polar surface area (TPSA) is 115 Å². The quantitative estimate of drug-likeness (QED) is 0.265. The Balaban J connectivity index is 2.61. The number of thiocarbonyl (C=S) groups is 1. The van der Waals surface area contributed by atoms with E-state index in [1.807, 2.05) is 48.7 Å². The van der Waals surface area contributed by atoms with Crippen LogP contribution in [0.15, 0.2) is 11.6 Å². The Labute approximate surface area is 264 Å². The van der Waals surface area contributed by atoms with Gasteiger partial charge in [-0.15, -0.1) is 0 Å². The highest BCUT2D eigenvalue weighted by Gasteiger charge is 2.48. The number of ether oxygens (including phenoxy) is 4. The van der Waals surface area contributed by atoms with Crippen LogP contribution in [0.5, 0.6) is 0 Å². The molecule has 2 N–H and O–H groups in total. The zero-order valence-corrected chi connectivity index (χ0v) is 29.2. The molecule has 10 nitrogen and oxygen atoms in total. The van der Waals surface area contributed by atoms with Gasteiger partial charge < -0.3 is 34.5 Å². The second-order valence-electron chi connectivity index (χ2n) is 13.6. The molecule has 1 saturated heterocycles. The van der Waals surface area contributed by atoms with E-state index < -0.39 is 59.3 Å². The number of esters is 1. The summed E-state index contributed by atoms with van der Waals surface area (Å²) >= 11 is 5.35. The lowest BCUT2D eigenvalue weighted by molar-refractivity contribution is -0.289. The Morgan fingerprint density at radius 2 is 1.70 bits per heavy atom. The van der Waals surface area contributed by atoms with Crippen molar-refractivity contribution in [3.8, 4) is 0 Å². The molecule has 2 aliphatic heterocycles. The average molecular weight is 626 g/mol. The van der Waals surface area contributed by atoms with Crippen molar-refractivity contribution < 1.29 is 33.3 Å². The van der Waals surface area contributed by atoms with Gasteiger partial charge in [0.15, 0.2) is 23.0 Å². The third-order valence-corrected chi connectivity index (χ3v) is 9.50. The minimum Gasteiger partial charge on any atom is -0.459 e. The van der Waals surface area contributed by atoms with E-state index in [0.29, 0.717) is 17.1 Å². The van der Waals surface area contributed by atoms with E-state index in [4.69, 9.17) is 31.2 Å². The number of ketones is 2. The van der Waals surface area contributed by atoms with Gasteiger partial charge in [-0.05, 0) is 90.8 Å². The van der Waals surface area contributed by atoms with Crippen molar-refractivity contribution in [1.29, 1.82) is 0 Å². The fourth-order valence-corrected chi connectivity index (χ4v) is 6.77. The van der Waals surface area contributed by atoms with Crippen LogP contribution in [0.25, 0.3) is 0 Å². The Morgan fingerprint density at radius 3 is 2.23 bits per heavy atom. The predicted octanol–water partition coefficient (Wildman–Crippen LogP) is 3.66. The normalized spacial score (nSPS) is 39.3. The number of nitrogens with one attached hydrogen (secondary N) is 2. The van der Waals surface area contributed by atoms with Gasteiger partial charge in [-0.1, -0.05) is 27.7 Å². The first-order valence-corrected chi connectivity index (χ1v) is 15.7. The van der Waals surface area contributed by atoms with Crippen molar-refractivity contribution in [1.82, 2.24) is 15.5 Å². The average Bonchev–Trinajstić information content (AvgIpc) is 2.92. The van der Waals surface area contributed by atoms with Crippen LogP contribution in [-0.4, -0.2) is 98.1 Å². The largest absolute Gasteiger partial charge is 0.459 e. The zero-order valence-electron chi connectivity index (χ0n) is 28.4. The number of Topliss-reactive ketones (excluding diaryl/α,β-unsaturated/α-hetero) is 2. The van der Waals surface area contributed by atoms with Crippen molar-refractivity contribution >= 4 is 34.9 Å². The summed E-state index contributed by atoms with van der Waals surface area (Å²) in [7, 11) is 7.30. The van der Waals surface area contributed by atoms with E-state index >= 15 is 0 Å². The number of carbonyl (C=O) groups is 3. The van der Waals surface area contributed by atoms with E-state index in [9.17, 15) is 14.4 Å². The van der Waals surface area contributed by atoms with Gasteiger partial charge in [0, 0.05) is 32.0 Å². The first-order valence-electron chi connectivity index (χ1n) is 15.3. The van der Waals surface area contributed by atoms with Crippen molar-refractivity contribution in [3.63, 3.8) is 0 Å². The molecule has 0 aromatic rings. The number of allylic oxidation sites excluding steroid dienone is 1. The fourth-order valence-electron chi connectivity index (χ4n) is 6.55. The molecule has 43 heavy (non-hydrogen) atoms. The maximum atomic E-state index is 14.0. The van der Waals surface area contributed by atoms with Crippen LogP contribution in [-0.2, 0) is 33.3 Å². The summed E-state index contributed by atoms with van der Waals surface area (Å²) in [5.41, 5.74) is -1.16. The lowest BCUT2D eigenvalue weighted by Gasteiger charge is -2.47. The summed E-state index contributed by atoms with van der Waals surface area (Å²) in [4.78, 5) is 43.2. The fraction of sp³-hybridized carbons (Fsp3) is 0.812. The van der Waals surface area contributed by atoms with E-state index in [1.165, 1.54) is 0 Å². The Bertz CT molecular complexity index is 1060. The molecule has 0 saturated carbocycles. The van der Waals surface area contributed by atoms with Crippen LogP contribution >= 0.6 is 12.2 Å². The lowest BCUT2D eigenvalue weighted by Crippen LogP contribution is -2.58. The van der Waals surface area contributed by atoms with E-state index in [2.05, 4.69) is 15.5 Å². The zero-order chi connectivity index (χ0) is 33.0. The standard InChI is InChI=1S/C32H55N3O7S/c1-17-15-31(7,8)27(42-29-26(39-13)23(35(11)12)14-19(3)40-29)20(4)25(37)21(5)28(38)41-22(6)32(9,34-30(43)33-10)16-18(2)24(17)36/h16-17,19-23,26-27,29H,14-15H2,1-13H3,(H2,33,34,43)/b18-16+/t17?,19-,20+,21-,22-,23?,26?,27?,29?,32?/m1/s1. The van der Waals surface area contributed by atoms with Crippen molar-refractivity contribution in [2.75, 3.05) is 28.3 Å². The molecule has 6 unspecified atom stereocenters. The van der Waals surface area contributed by atoms with Crippen LogP contribution in [0.2, 0.25) is 0 Å². The van der Waals surface area contributed by atoms with Crippen LogP contribution < -0.4 is 10.6 Å². The molecule has 0 spiro atoms. The van der Waals surface area contributed by atoms with Gasteiger partial charge in [0.05, 0.1) is 17.7 Å². The Morgan fingerprint density at radius 1 is 1.09 bits per heavy atom. The summed E-state index contributed by atoms with van der Waals surface area (Å²) in [6.45, 7) is 16.5. The van der Waals surface area contributed by atoms with Crippen LogP contribution in [0.1, 0.15) is 75.2 Å². The second kappa shape index (κ2) is 14.9. The van der Waals surface area contributed by atoms with E-state index in [-0.39, 0.29) is 23.7 Å². The van der Waals surface area contributed by atoms with Crippen molar-refractivity contribution in [2.24, 2.45) is 23.2 Å². The van der Waals surface area contributed by atoms with Gasteiger partial charge in [-0.2, -0.15) is 0 Å². The number of nitrogens with zero attached hydrogens (tertiary/aromatic N) is 1. The molecule has 0 bridgehead atoms. The summed E-state index contributed by atoms with van der Waals surface area (Å²) in [6.07, 6.45) is 0.254. The van der Waals surface area contributed by atoms with E-state index in [0.717, 1.165) is 6.42 Å². The van der Waals surface area contributed by atoms with Gasteiger partial charge in [0.1, 0.15) is 18.1 Å². The molecule has 0 aliphatic carbocycles. The van der Waals surface area contributed by atoms with Crippen molar-refractivity contribution in [3.05, 3.63) is 11.6 Å². The molecule has 2 rings (SSSR count). The van der Waals surface area contributed by atoms with Gasteiger partial charge >= 0.3 is 5.97 Å². The van der Waals surface area contributed by atoms with Crippen LogP contribution in [0.3, 0.4) is 0 Å². The lowest BCUT2D eigenvalue weighted by atomic mass is 9.71. The number of cyclic esters (lactones) is 1. The molecule has 0 amide bonds. The smallest absolute Gasteiger partial charge is 0.316 e.